The van der Waals surface area contributed by atoms with Gasteiger partial charge in [0.25, 0.3) is 0 Å². The van der Waals surface area contributed by atoms with Crippen LogP contribution in [-0.4, -0.2) is 6.04 Å². The van der Waals surface area contributed by atoms with Crippen molar-refractivity contribution in [1.29, 1.82) is 0 Å². The van der Waals surface area contributed by atoms with Gasteiger partial charge in [0.15, 0.2) is 11.6 Å². The summed E-state index contributed by atoms with van der Waals surface area (Å²) >= 11 is 6.16. The van der Waals surface area contributed by atoms with Crippen molar-refractivity contribution in [3.05, 3.63) is 58.4 Å². The second kappa shape index (κ2) is 6.50. The maximum Gasteiger partial charge on any atom is 0.161 e. The first-order valence-corrected chi connectivity index (χ1v) is 6.93. The highest BCUT2D eigenvalue weighted by molar-refractivity contribution is 6.31. The highest BCUT2D eigenvalue weighted by atomic mass is 35.5. The van der Waals surface area contributed by atoms with Crippen molar-refractivity contribution in [2.24, 2.45) is 0 Å². The first-order chi connectivity index (χ1) is 9.88. The predicted molar refractivity (Wildman–Crippen MR) is 78.7 cm³/mol. The maximum atomic E-state index is 13.7. The third-order valence-electron chi connectivity index (χ3n) is 3.07. The highest BCUT2D eigenvalue weighted by Gasteiger charge is 2.13. The van der Waals surface area contributed by atoms with E-state index in [0.717, 1.165) is 11.6 Å². The van der Waals surface area contributed by atoms with E-state index in [1.807, 2.05) is 13.8 Å². The largest absolute Gasteiger partial charge is 0.310 e. The molecule has 0 saturated heterocycles. The first kappa shape index (κ1) is 15.9. The van der Waals surface area contributed by atoms with Gasteiger partial charge in [-0.15, -0.1) is 0 Å². The molecule has 2 aromatic rings. The Hall–Kier alpha value is -1.52. The molecule has 21 heavy (non-hydrogen) atoms. The molecule has 0 spiro atoms. The van der Waals surface area contributed by atoms with Gasteiger partial charge in [-0.1, -0.05) is 37.6 Å². The lowest BCUT2D eigenvalue weighted by molar-refractivity contribution is 0.496. The summed E-state index contributed by atoms with van der Waals surface area (Å²) in [5.41, 5.74) is 1.25. The van der Waals surface area contributed by atoms with Gasteiger partial charge in [0.05, 0.1) is 0 Å². The van der Waals surface area contributed by atoms with Gasteiger partial charge in [0, 0.05) is 29.2 Å². The topological polar surface area (TPSA) is 12.0 Å². The monoisotopic (exact) mass is 313 g/mol. The molecule has 0 fully saturated rings. The first-order valence-electron chi connectivity index (χ1n) is 6.55. The molecule has 0 bridgehead atoms. The van der Waals surface area contributed by atoms with Crippen molar-refractivity contribution in [3.8, 4) is 11.1 Å². The molecule has 1 nitrogen and oxygen atoms in total. The minimum Gasteiger partial charge on any atom is -0.310 e. The predicted octanol–water partition coefficient (Wildman–Crippen LogP) is 4.92. The van der Waals surface area contributed by atoms with Crippen molar-refractivity contribution in [1.82, 2.24) is 5.32 Å². The van der Waals surface area contributed by atoms with Gasteiger partial charge in [0.1, 0.15) is 5.82 Å². The minimum atomic E-state index is -1.21. The molecule has 5 heteroatoms. The van der Waals surface area contributed by atoms with Crippen LogP contribution in [0, 0.1) is 17.5 Å². The van der Waals surface area contributed by atoms with E-state index in [-0.39, 0.29) is 5.56 Å². The van der Waals surface area contributed by atoms with Gasteiger partial charge in [-0.25, -0.2) is 13.2 Å². The Morgan fingerprint density at radius 1 is 1.00 bits per heavy atom. The van der Waals surface area contributed by atoms with E-state index >= 15 is 0 Å². The van der Waals surface area contributed by atoms with Crippen LogP contribution in [0.4, 0.5) is 13.2 Å². The van der Waals surface area contributed by atoms with Crippen LogP contribution >= 0.6 is 11.6 Å². The Bertz CT molecular complexity index is 656. The third-order valence-corrected chi connectivity index (χ3v) is 3.43. The van der Waals surface area contributed by atoms with E-state index in [1.165, 1.54) is 0 Å². The standard InChI is InChI=1S/C16H15ClF3N/c1-9(2)21-8-11-4-3-10(5-13(11)17)12-6-15(19)16(20)7-14(12)18/h3-7,9,21H,8H2,1-2H3. The SMILES string of the molecule is CC(C)NCc1ccc(-c2cc(F)c(F)cc2F)cc1Cl. The zero-order valence-corrected chi connectivity index (χ0v) is 12.4. The van der Waals surface area contributed by atoms with E-state index in [0.29, 0.717) is 29.2 Å². The Morgan fingerprint density at radius 3 is 2.29 bits per heavy atom. The molecule has 0 unspecified atom stereocenters. The summed E-state index contributed by atoms with van der Waals surface area (Å²) in [5, 5.41) is 3.67. The Balaban J connectivity index is 2.34. The summed E-state index contributed by atoms with van der Waals surface area (Å²) < 4.78 is 39.9. The van der Waals surface area contributed by atoms with Gasteiger partial charge in [-0.05, 0) is 23.3 Å². The third kappa shape index (κ3) is 3.77. The molecular formula is C16H15ClF3N. The molecule has 2 aromatic carbocycles. The molecule has 0 heterocycles. The molecule has 0 aromatic heterocycles. The van der Waals surface area contributed by atoms with E-state index in [2.05, 4.69) is 5.32 Å². The second-order valence-electron chi connectivity index (χ2n) is 5.09. The zero-order valence-electron chi connectivity index (χ0n) is 11.7. The number of hydrogen-bond donors (Lipinski definition) is 1. The van der Waals surface area contributed by atoms with Crippen molar-refractivity contribution in [2.75, 3.05) is 0 Å². The minimum absolute atomic E-state index is 0.0147. The summed E-state index contributed by atoms with van der Waals surface area (Å²) in [6.45, 7) is 4.61. The Labute approximate surface area is 126 Å². The molecule has 112 valence electrons. The van der Waals surface area contributed by atoms with Crippen LogP contribution < -0.4 is 5.32 Å². The number of nitrogens with one attached hydrogen (secondary N) is 1. The van der Waals surface area contributed by atoms with Crippen LogP contribution in [0.25, 0.3) is 11.1 Å². The maximum absolute atomic E-state index is 13.7. The fourth-order valence-corrected chi connectivity index (χ4v) is 2.16. The molecule has 0 saturated carbocycles. The average Bonchev–Trinajstić information content (AvgIpc) is 2.41. The molecule has 2 rings (SSSR count). The number of rotatable bonds is 4. The van der Waals surface area contributed by atoms with Crippen molar-refractivity contribution in [3.63, 3.8) is 0 Å². The van der Waals surface area contributed by atoms with Crippen molar-refractivity contribution < 1.29 is 13.2 Å². The lowest BCUT2D eigenvalue weighted by atomic mass is 10.0. The second-order valence-corrected chi connectivity index (χ2v) is 5.50. The van der Waals surface area contributed by atoms with E-state index in [1.54, 1.807) is 18.2 Å². The lowest BCUT2D eigenvalue weighted by Gasteiger charge is -2.11. The van der Waals surface area contributed by atoms with Crippen LogP contribution in [0.2, 0.25) is 5.02 Å². The highest BCUT2D eigenvalue weighted by Crippen LogP contribution is 2.29. The quantitative estimate of drug-likeness (QED) is 0.790. The van der Waals surface area contributed by atoms with E-state index < -0.39 is 17.5 Å². The number of hydrogen-bond acceptors (Lipinski definition) is 1. The molecule has 0 aliphatic carbocycles. The molecule has 0 radical (unpaired) electrons. The van der Waals surface area contributed by atoms with Crippen LogP contribution in [0.5, 0.6) is 0 Å². The number of halogens is 4. The molecule has 0 atom stereocenters. The molecule has 0 aliphatic heterocycles. The van der Waals surface area contributed by atoms with Gasteiger partial charge in [-0.3, -0.25) is 0 Å². The molecule has 0 aliphatic rings. The summed E-state index contributed by atoms with van der Waals surface area (Å²) in [6.07, 6.45) is 0. The van der Waals surface area contributed by atoms with Crippen molar-refractivity contribution >= 4 is 11.6 Å². The Kier molecular flexibility index (Phi) is 4.91. The lowest BCUT2D eigenvalue weighted by Crippen LogP contribution is -2.21. The summed E-state index contributed by atoms with van der Waals surface area (Å²) in [5.74, 6) is -3.12. The molecule has 0 amide bonds. The van der Waals surface area contributed by atoms with Crippen LogP contribution in [0.1, 0.15) is 19.4 Å². The van der Waals surface area contributed by atoms with Crippen LogP contribution in [0.3, 0.4) is 0 Å². The van der Waals surface area contributed by atoms with Crippen LogP contribution in [-0.2, 0) is 6.54 Å². The average molecular weight is 314 g/mol. The van der Waals surface area contributed by atoms with E-state index in [9.17, 15) is 13.2 Å². The fourth-order valence-electron chi connectivity index (χ4n) is 1.92. The van der Waals surface area contributed by atoms with Crippen LogP contribution in [0.15, 0.2) is 30.3 Å². The Morgan fingerprint density at radius 2 is 1.67 bits per heavy atom. The van der Waals surface area contributed by atoms with Gasteiger partial charge in [-0.2, -0.15) is 0 Å². The summed E-state index contributed by atoms with van der Waals surface area (Å²) in [6, 6.07) is 6.61. The zero-order chi connectivity index (χ0) is 15.6. The van der Waals surface area contributed by atoms with E-state index in [4.69, 9.17) is 11.6 Å². The smallest absolute Gasteiger partial charge is 0.161 e. The normalized spacial score (nSPS) is 11.2. The molecular weight excluding hydrogens is 299 g/mol. The van der Waals surface area contributed by atoms with Crippen molar-refractivity contribution in [2.45, 2.75) is 26.4 Å². The number of benzene rings is 2. The van der Waals surface area contributed by atoms with Gasteiger partial charge < -0.3 is 5.32 Å². The fraction of sp³-hybridized carbons (Fsp3) is 0.250. The summed E-state index contributed by atoms with van der Waals surface area (Å²) in [7, 11) is 0. The van der Waals surface area contributed by atoms with Gasteiger partial charge >= 0.3 is 0 Å². The summed E-state index contributed by atoms with van der Waals surface area (Å²) in [4.78, 5) is 0. The molecule has 1 N–H and O–H groups in total. The van der Waals surface area contributed by atoms with Gasteiger partial charge in [0.2, 0.25) is 0 Å².